The van der Waals surface area contributed by atoms with E-state index in [2.05, 4.69) is 0 Å². The van der Waals surface area contributed by atoms with Gasteiger partial charge >= 0.3 is 0 Å². The van der Waals surface area contributed by atoms with Gasteiger partial charge in [0.15, 0.2) is 0 Å². The molecule has 0 unspecified atom stereocenters. The molecule has 52 valence electrons. The highest BCUT2D eigenvalue weighted by Crippen LogP contribution is 2.58. The molecule has 4 fully saturated rings. The first-order chi connectivity index (χ1) is 4.79. The van der Waals surface area contributed by atoms with Crippen LogP contribution < -0.4 is 0 Å². The fraction of sp³-hybridized carbons (Fsp3) is 0.750. The Kier molecular flexibility index (Phi) is 0.732. The lowest BCUT2D eigenvalue weighted by molar-refractivity contribution is -0.122. The van der Waals surface area contributed by atoms with Crippen molar-refractivity contribution in [2.75, 3.05) is 0 Å². The molecule has 4 saturated carbocycles. The van der Waals surface area contributed by atoms with Gasteiger partial charge in [0.25, 0.3) is 0 Å². The summed E-state index contributed by atoms with van der Waals surface area (Å²) in [6.45, 7) is 0. The van der Waals surface area contributed by atoms with Crippen LogP contribution in [0.2, 0.25) is 0 Å². The number of thiocarbonyl (C=S) groups is 1. The summed E-state index contributed by atoms with van der Waals surface area (Å²) in [4.78, 5) is 12.5. The van der Waals surface area contributed by atoms with Crippen LogP contribution in [-0.2, 0) is 4.79 Å². The SMILES string of the molecule is O=C1[C@@H]2C[C@H]3C(=S)[C@@H]2C[C@@H]13. The second-order valence-corrected chi connectivity index (χ2v) is 4.17. The lowest BCUT2D eigenvalue weighted by atomic mass is 9.99. The first kappa shape index (κ1) is 5.42. The van der Waals surface area contributed by atoms with Crippen molar-refractivity contribution in [1.29, 1.82) is 0 Å². The third-order valence-corrected chi connectivity index (χ3v) is 4.05. The Bertz CT molecular complexity index is 200. The first-order valence-corrected chi connectivity index (χ1v) is 4.27. The van der Waals surface area contributed by atoms with E-state index in [0.29, 0.717) is 29.5 Å². The average Bonchev–Trinajstić information content (AvgIpc) is 2.55. The summed E-state index contributed by atoms with van der Waals surface area (Å²) in [5, 5.41) is 0. The minimum atomic E-state index is 0.377. The van der Waals surface area contributed by atoms with E-state index in [0.717, 1.165) is 12.8 Å². The number of carbonyl (C=O) groups is 1. The Morgan fingerprint density at radius 1 is 1.10 bits per heavy atom. The van der Waals surface area contributed by atoms with Crippen LogP contribution in [0.15, 0.2) is 0 Å². The summed E-state index contributed by atoms with van der Waals surface area (Å²) < 4.78 is 0. The Balaban J connectivity index is 2.20. The smallest absolute Gasteiger partial charge is 0.140 e. The van der Waals surface area contributed by atoms with Crippen molar-refractivity contribution >= 4 is 22.9 Å². The predicted octanol–water partition coefficient (Wildman–Crippen LogP) is 1.21. The molecule has 4 bridgehead atoms. The zero-order chi connectivity index (χ0) is 6.88. The van der Waals surface area contributed by atoms with E-state index in [1.54, 1.807) is 0 Å². The normalized spacial score (nSPS) is 55.6. The molecule has 0 radical (unpaired) electrons. The summed E-state index contributed by atoms with van der Waals surface area (Å²) in [6.07, 6.45) is 2.21. The molecular weight excluding hydrogens is 144 g/mol. The highest BCUT2D eigenvalue weighted by Gasteiger charge is 2.62. The summed E-state index contributed by atoms with van der Waals surface area (Å²) >= 11 is 5.24. The van der Waals surface area contributed by atoms with Crippen molar-refractivity contribution in [2.45, 2.75) is 12.8 Å². The predicted molar refractivity (Wildman–Crippen MR) is 40.8 cm³/mol. The van der Waals surface area contributed by atoms with Crippen molar-refractivity contribution in [1.82, 2.24) is 0 Å². The van der Waals surface area contributed by atoms with Crippen molar-refractivity contribution < 1.29 is 4.79 Å². The molecule has 10 heavy (non-hydrogen) atoms. The molecule has 4 aliphatic carbocycles. The Morgan fingerprint density at radius 2 is 1.60 bits per heavy atom. The van der Waals surface area contributed by atoms with Crippen LogP contribution in [0, 0.1) is 23.7 Å². The fourth-order valence-corrected chi connectivity index (χ4v) is 3.53. The van der Waals surface area contributed by atoms with Crippen LogP contribution in [-0.4, -0.2) is 10.6 Å². The van der Waals surface area contributed by atoms with Crippen LogP contribution in [0.4, 0.5) is 0 Å². The van der Waals surface area contributed by atoms with Gasteiger partial charge in [-0.2, -0.15) is 0 Å². The molecule has 4 atom stereocenters. The maximum Gasteiger partial charge on any atom is 0.140 e. The zero-order valence-electron chi connectivity index (χ0n) is 5.54. The van der Waals surface area contributed by atoms with Gasteiger partial charge in [0, 0.05) is 28.5 Å². The molecular formula is C8H8OS. The van der Waals surface area contributed by atoms with Crippen LogP contribution in [0.1, 0.15) is 12.8 Å². The van der Waals surface area contributed by atoms with Crippen molar-refractivity contribution in [3.05, 3.63) is 0 Å². The van der Waals surface area contributed by atoms with Crippen LogP contribution >= 0.6 is 12.2 Å². The summed E-state index contributed by atoms with van der Waals surface area (Å²) in [6, 6.07) is 0. The molecule has 0 aromatic rings. The first-order valence-electron chi connectivity index (χ1n) is 3.86. The Hall–Kier alpha value is -0.240. The van der Waals surface area contributed by atoms with Gasteiger partial charge in [-0.1, -0.05) is 12.2 Å². The number of Topliss-reactive ketones (excluding diaryl/α,β-unsaturated/α-hetero) is 1. The number of hydrogen-bond donors (Lipinski definition) is 0. The van der Waals surface area contributed by atoms with Crippen LogP contribution in [0.5, 0.6) is 0 Å². The summed E-state index contributed by atoms with van der Waals surface area (Å²) in [7, 11) is 0. The number of ketones is 1. The maximum absolute atomic E-state index is 11.3. The van der Waals surface area contributed by atoms with E-state index in [-0.39, 0.29) is 0 Å². The third-order valence-electron chi connectivity index (χ3n) is 3.45. The fourth-order valence-electron chi connectivity index (χ4n) is 3.01. The second-order valence-electron chi connectivity index (χ2n) is 3.70. The minimum Gasteiger partial charge on any atom is -0.299 e. The van der Waals surface area contributed by atoms with Crippen LogP contribution in [0.3, 0.4) is 0 Å². The molecule has 0 N–H and O–H groups in total. The van der Waals surface area contributed by atoms with Gasteiger partial charge in [-0.25, -0.2) is 0 Å². The highest BCUT2D eigenvalue weighted by atomic mass is 32.1. The zero-order valence-corrected chi connectivity index (χ0v) is 6.36. The standard InChI is InChI=1S/C8H8OS/c9-7-3-1-5-4(7)2-6(3)8(5)10/h3-6H,1-2H2/t3-,4-,5-,6-/m1/s1. The van der Waals surface area contributed by atoms with Crippen LogP contribution in [0.25, 0.3) is 0 Å². The second kappa shape index (κ2) is 1.35. The van der Waals surface area contributed by atoms with Gasteiger partial charge in [0.1, 0.15) is 5.78 Å². The van der Waals surface area contributed by atoms with E-state index >= 15 is 0 Å². The Morgan fingerprint density at radius 3 is 1.90 bits per heavy atom. The van der Waals surface area contributed by atoms with E-state index < -0.39 is 0 Å². The largest absolute Gasteiger partial charge is 0.299 e. The van der Waals surface area contributed by atoms with Crippen molar-refractivity contribution in [3.8, 4) is 0 Å². The monoisotopic (exact) mass is 152 g/mol. The van der Waals surface area contributed by atoms with Gasteiger partial charge in [-0.3, -0.25) is 4.79 Å². The molecule has 0 aromatic heterocycles. The summed E-state index contributed by atoms with van der Waals surface area (Å²) in [5.74, 6) is 2.36. The molecule has 0 spiro atoms. The Labute approximate surface area is 64.8 Å². The highest BCUT2D eigenvalue weighted by molar-refractivity contribution is 7.80. The molecule has 0 heterocycles. The van der Waals surface area contributed by atoms with E-state index in [1.807, 2.05) is 0 Å². The van der Waals surface area contributed by atoms with E-state index in [9.17, 15) is 4.79 Å². The van der Waals surface area contributed by atoms with Gasteiger partial charge in [0.2, 0.25) is 0 Å². The summed E-state index contributed by atoms with van der Waals surface area (Å²) in [5.41, 5.74) is 0. The average molecular weight is 152 g/mol. The lowest BCUT2D eigenvalue weighted by Gasteiger charge is -2.06. The molecule has 4 rings (SSSR count). The molecule has 0 saturated heterocycles. The number of rotatable bonds is 0. The van der Waals surface area contributed by atoms with Crippen molar-refractivity contribution in [3.63, 3.8) is 0 Å². The third kappa shape index (κ3) is 0.352. The minimum absolute atomic E-state index is 0.377. The number of carbonyl (C=O) groups excluding carboxylic acids is 1. The molecule has 0 aromatic carbocycles. The number of hydrogen-bond acceptors (Lipinski definition) is 2. The molecule has 1 nitrogen and oxygen atoms in total. The van der Waals surface area contributed by atoms with Crippen molar-refractivity contribution in [2.24, 2.45) is 23.7 Å². The topological polar surface area (TPSA) is 17.1 Å². The van der Waals surface area contributed by atoms with E-state index in [1.165, 1.54) is 4.86 Å². The van der Waals surface area contributed by atoms with Gasteiger partial charge in [-0.05, 0) is 12.8 Å². The van der Waals surface area contributed by atoms with E-state index in [4.69, 9.17) is 12.2 Å². The molecule has 2 heteroatoms. The van der Waals surface area contributed by atoms with Gasteiger partial charge in [-0.15, -0.1) is 0 Å². The molecule has 4 aliphatic rings. The lowest BCUT2D eigenvalue weighted by Crippen LogP contribution is -2.18. The van der Waals surface area contributed by atoms with Gasteiger partial charge in [0.05, 0.1) is 0 Å². The molecule has 0 amide bonds. The molecule has 0 aliphatic heterocycles. The quantitative estimate of drug-likeness (QED) is 0.485. The maximum atomic E-state index is 11.3. The van der Waals surface area contributed by atoms with Gasteiger partial charge < -0.3 is 0 Å².